The zero-order valence-electron chi connectivity index (χ0n) is 12.0. The Morgan fingerprint density at radius 3 is 2.90 bits per heavy atom. The van der Waals surface area contributed by atoms with Gasteiger partial charge in [0.25, 0.3) is 0 Å². The number of rotatable bonds is 8. The molecule has 2 rings (SSSR count). The molecule has 0 amide bonds. The Hall–Kier alpha value is -1.78. The summed E-state index contributed by atoms with van der Waals surface area (Å²) < 4.78 is 15.6. The molecular formula is C16H21NO3. The van der Waals surface area contributed by atoms with Gasteiger partial charge in [0.05, 0.1) is 38.4 Å². The van der Waals surface area contributed by atoms with E-state index in [0.29, 0.717) is 19.8 Å². The monoisotopic (exact) mass is 275 g/mol. The van der Waals surface area contributed by atoms with Crippen molar-refractivity contribution in [2.75, 3.05) is 25.6 Å². The molecule has 4 nitrogen and oxygen atoms in total. The molecule has 108 valence electrons. The van der Waals surface area contributed by atoms with Gasteiger partial charge in [-0.15, -0.1) is 0 Å². The molecule has 0 radical (unpaired) electrons. The quantitative estimate of drug-likeness (QED) is 0.747. The molecule has 20 heavy (non-hydrogen) atoms. The molecule has 0 spiro atoms. The van der Waals surface area contributed by atoms with Gasteiger partial charge in [-0.25, -0.2) is 0 Å². The van der Waals surface area contributed by atoms with E-state index in [0.717, 1.165) is 16.8 Å². The molecule has 4 heteroatoms. The van der Waals surface area contributed by atoms with Crippen LogP contribution in [0.1, 0.15) is 24.1 Å². The van der Waals surface area contributed by atoms with Crippen LogP contribution in [0.15, 0.2) is 47.3 Å². The summed E-state index contributed by atoms with van der Waals surface area (Å²) in [4.78, 5) is 0. The number of anilines is 1. The first-order valence-corrected chi connectivity index (χ1v) is 6.74. The molecule has 0 fully saturated rings. The number of nitrogens with one attached hydrogen (secondary N) is 1. The minimum atomic E-state index is 0.207. The van der Waals surface area contributed by atoms with Crippen LogP contribution in [0, 0.1) is 0 Å². The Labute approximate surface area is 119 Å². The zero-order chi connectivity index (χ0) is 14.2. The summed E-state index contributed by atoms with van der Waals surface area (Å²) in [5.74, 6) is 0. The van der Waals surface area contributed by atoms with Crippen LogP contribution >= 0.6 is 0 Å². The lowest BCUT2D eigenvalue weighted by atomic mass is 10.1. The van der Waals surface area contributed by atoms with Gasteiger partial charge < -0.3 is 19.2 Å². The van der Waals surface area contributed by atoms with Crippen LogP contribution in [0.2, 0.25) is 0 Å². The van der Waals surface area contributed by atoms with Crippen LogP contribution in [-0.2, 0) is 16.1 Å². The number of benzene rings is 1. The van der Waals surface area contributed by atoms with Crippen LogP contribution in [0.4, 0.5) is 5.69 Å². The molecule has 0 aliphatic rings. The molecule has 0 aliphatic carbocycles. The fraction of sp³-hybridized carbons (Fsp3) is 0.375. The maximum atomic E-state index is 5.52. The summed E-state index contributed by atoms with van der Waals surface area (Å²) in [6, 6.07) is 10.4. The number of hydrogen-bond acceptors (Lipinski definition) is 4. The summed E-state index contributed by atoms with van der Waals surface area (Å²) in [6.45, 7) is 3.93. The average Bonchev–Trinajstić information content (AvgIpc) is 2.98. The summed E-state index contributed by atoms with van der Waals surface area (Å²) in [5.41, 5.74) is 3.35. The number of methoxy groups -OCH3 is 1. The molecule has 1 heterocycles. The predicted molar refractivity (Wildman–Crippen MR) is 78.7 cm³/mol. The minimum absolute atomic E-state index is 0.207. The first-order chi connectivity index (χ1) is 9.79. The summed E-state index contributed by atoms with van der Waals surface area (Å²) in [6.07, 6.45) is 3.45. The number of hydrogen-bond donors (Lipinski definition) is 1. The van der Waals surface area contributed by atoms with Crippen molar-refractivity contribution in [1.82, 2.24) is 0 Å². The van der Waals surface area contributed by atoms with E-state index in [1.807, 2.05) is 12.1 Å². The van der Waals surface area contributed by atoms with Crippen molar-refractivity contribution < 1.29 is 13.9 Å². The molecule has 0 saturated carbocycles. The van der Waals surface area contributed by atoms with Gasteiger partial charge in [-0.2, -0.15) is 0 Å². The van der Waals surface area contributed by atoms with Gasteiger partial charge >= 0.3 is 0 Å². The van der Waals surface area contributed by atoms with E-state index in [1.165, 1.54) is 0 Å². The van der Waals surface area contributed by atoms with Crippen LogP contribution in [0.5, 0.6) is 0 Å². The van der Waals surface area contributed by atoms with Gasteiger partial charge in [0.15, 0.2) is 0 Å². The lowest BCUT2D eigenvalue weighted by molar-refractivity contribution is 0.0617. The Kier molecular flexibility index (Phi) is 5.65. The van der Waals surface area contributed by atoms with E-state index < -0.39 is 0 Å². The topological polar surface area (TPSA) is 43.6 Å². The highest BCUT2D eigenvalue weighted by atomic mass is 16.5. The van der Waals surface area contributed by atoms with E-state index in [1.54, 1.807) is 19.6 Å². The van der Waals surface area contributed by atoms with Gasteiger partial charge in [0.2, 0.25) is 0 Å². The molecule has 0 bridgehead atoms. The van der Waals surface area contributed by atoms with E-state index in [-0.39, 0.29) is 6.04 Å². The smallest absolute Gasteiger partial charge is 0.0955 e. The fourth-order valence-corrected chi connectivity index (χ4v) is 1.94. The average molecular weight is 275 g/mol. The molecule has 2 aromatic rings. The standard InChI is InChI=1S/C16H21NO3/c1-13(15-6-7-19-12-15)17-16-5-3-4-14(10-16)11-20-9-8-18-2/h3-7,10,12-13,17H,8-9,11H2,1-2H3. The number of ether oxygens (including phenoxy) is 2. The zero-order valence-corrected chi connectivity index (χ0v) is 12.0. The molecule has 1 unspecified atom stereocenters. The number of furan rings is 1. The molecule has 0 saturated heterocycles. The third-order valence-electron chi connectivity index (χ3n) is 3.05. The van der Waals surface area contributed by atoms with Crippen LogP contribution in [0.3, 0.4) is 0 Å². The van der Waals surface area contributed by atoms with Crippen LogP contribution in [0.25, 0.3) is 0 Å². The second kappa shape index (κ2) is 7.72. The third-order valence-corrected chi connectivity index (χ3v) is 3.05. The van der Waals surface area contributed by atoms with Crippen molar-refractivity contribution in [2.24, 2.45) is 0 Å². The van der Waals surface area contributed by atoms with Gasteiger partial charge in [-0.3, -0.25) is 0 Å². The molecule has 1 aromatic carbocycles. The van der Waals surface area contributed by atoms with Crippen molar-refractivity contribution in [3.8, 4) is 0 Å². The highest BCUT2D eigenvalue weighted by Gasteiger charge is 2.06. The Morgan fingerprint density at radius 2 is 2.15 bits per heavy atom. The highest BCUT2D eigenvalue weighted by Crippen LogP contribution is 2.20. The van der Waals surface area contributed by atoms with Gasteiger partial charge in [-0.1, -0.05) is 12.1 Å². The van der Waals surface area contributed by atoms with Gasteiger partial charge in [0, 0.05) is 18.4 Å². The lowest BCUT2D eigenvalue weighted by Gasteiger charge is -2.14. The maximum absolute atomic E-state index is 5.52. The molecule has 1 N–H and O–H groups in total. The second-order valence-corrected chi connectivity index (χ2v) is 4.67. The van der Waals surface area contributed by atoms with E-state index >= 15 is 0 Å². The van der Waals surface area contributed by atoms with Crippen molar-refractivity contribution >= 4 is 5.69 Å². The summed E-state index contributed by atoms with van der Waals surface area (Å²) in [5, 5.41) is 3.45. The largest absolute Gasteiger partial charge is 0.472 e. The minimum Gasteiger partial charge on any atom is -0.472 e. The molecule has 0 aliphatic heterocycles. The fourth-order valence-electron chi connectivity index (χ4n) is 1.94. The van der Waals surface area contributed by atoms with Crippen LogP contribution < -0.4 is 5.32 Å². The first-order valence-electron chi connectivity index (χ1n) is 6.74. The van der Waals surface area contributed by atoms with E-state index in [9.17, 15) is 0 Å². The predicted octanol–water partition coefficient (Wildman–Crippen LogP) is 3.62. The van der Waals surface area contributed by atoms with Crippen molar-refractivity contribution in [2.45, 2.75) is 19.6 Å². The third kappa shape index (κ3) is 4.40. The molecule has 1 atom stereocenters. The van der Waals surface area contributed by atoms with Crippen molar-refractivity contribution in [1.29, 1.82) is 0 Å². The normalized spacial score (nSPS) is 12.3. The van der Waals surface area contributed by atoms with E-state index in [4.69, 9.17) is 13.9 Å². The Morgan fingerprint density at radius 1 is 1.25 bits per heavy atom. The second-order valence-electron chi connectivity index (χ2n) is 4.67. The highest BCUT2D eigenvalue weighted by molar-refractivity contribution is 5.47. The lowest BCUT2D eigenvalue weighted by Crippen LogP contribution is -2.06. The molecule has 1 aromatic heterocycles. The summed E-state index contributed by atoms with van der Waals surface area (Å²) in [7, 11) is 1.67. The SMILES string of the molecule is COCCOCc1cccc(NC(C)c2ccoc2)c1. The van der Waals surface area contributed by atoms with Crippen molar-refractivity contribution in [3.05, 3.63) is 54.0 Å². The van der Waals surface area contributed by atoms with E-state index in [2.05, 4.69) is 30.4 Å². The van der Waals surface area contributed by atoms with Crippen molar-refractivity contribution in [3.63, 3.8) is 0 Å². The van der Waals surface area contributed by atoms with Gasteiger partial charge in [-0.05, 0) is 30.7 Å². The maximum Gasteiger partial charge on any atom is 0.0955 e. The Balaban J connectivity index is 1.89. The molecular weight excluding hydrogens is 254 g/mol. The Bertz CT molecular complexity index is 496. The summed E-state index contributed by atoms with van der Waals surface area (Å²) >= 11 is 0. The van der Waals surface area contributed by atoms with Gasteiger partial charge in [0.1, 0.15) is 0 Å². The van der Waals surface area contributed by atoms with Crippen LogP contribution in [-0.4, -0.2) is 20.3 Å². The first kappa shape index (κ1) is 14.6.